The number of hydrogen-bond acceptors (Lipinski definition) is 3. The van der Waals surface area contributed by atoms with Crippen LogP contribution in [-0.4, -0.2) is 28.5 Å². The smallest absolute Gasteiger partial charge is 0.267 e. The number of carbonyl (C=O) groups excluding carboxylic acids is 1. The van der Waals surface area contributed by atoms with E-state index < -0.39 is 0 Å². The molecule has 2 heterocycles. The molecule has 0 radical (unpaired) electrons. The van der Waals surface area contributed by atoms with Crippen molar-refractivity contribution in [3.05, 3.63) is 52.5 Å². The van der Waals surface area contributed by atoms with Crippen molar-refractivity contribution >= 4 is 21.8 Å². The van der Waals surface area contributed by atoms with Crippen LogP contribution in [0.5, 0.6) is 0 Å². The summed E-state index contributed by atoms with van der Waals surface area (Å²) in [4.78, 5) is 16.0. The predicted octanol–water partition coefficient (Wildman–Crippen LogP) is 2.09. The minimum Gasteiger partial charge on any atom is -0.351 e. The molecule has 0 spiro atoms. The number of nitrogens with zero attached hydrogens (tertiary/aromatic N) is 2. The summed E-state index contributed by atoms with van der Waals surface area (Å²) >= 11 is 3.36. The molecule has 0 unspecified atom stereocenters. The summed E-state index contributed by atoms with van der Waals surface area (Å²) in [5.41, 5.74) is 1.82. The van der Waals surface area contributed by atoms with Gasteiger partial charge in [0.2, 0.25) is 0 Å². The average molecular weight is 351 g/mol. The van der Waals surface area contributed by atoms with Gasteiger partial charge in [-0.25, -0.2) is 0 Å². The molecular weight excluding hydrogens is 332 g/mol. The van der Waals surface area contributed by atoms with Crippen molar-refractivity contribution in [2.24, 2.45) is 7.05 Å². The Morgan fingerprint density at radius 1 is 1.43 bits per heavy atom. The Hall–Kier alpha value is -1.66. The second kappa shape index (κ2) is 7.95. The van der Waals surface area contributed by atoms with Gasteiger partial charge in [0.25, 0.3) is 5.91 Å². The first-order valence-corrected chi connectivity index (χ1v) is 7.66. The van der Waals surface area contributed by atoms with Gasteiger partial charge in [0.15, 0.2) is 0 Å². The molecule has 0 atom stereocenters. The fraction of sp³-hybridized carbons (Fsp3) is 0.333. The third-order valence-corrected chi connectivity index (χ3v) is 3.51. The zero-order chi connectivity index (χ0) is 15.1. The summed E-state index contributed by atoms with van der Waals surface area (Å²) in [6.45, 7) is 2.31. The highest BCUT2D eigenvalue weighted by atomic mass is 79.9. The molecule has 2 aromatic rings. The van der Waals surface area contributed by atoms with Crippen LogP contribution in [0, 0.1) is 0 Å². The van der Waals surface area contributed by atoms with Crippen LogP contribution in [0.2, 0.25) is 0 Å². The molecule has 0 bridgehead atoms. The van der Waals surface area contributed by atoms with Crippen LogP contribution in [0.25, 0.3) is 0 Å². The van der Waals surface area contributed by atoms with Gasteiger partial charge in [0.1, 0.15) is 5.69 Å². The molecule has 2 rings (SSSR count). The summed E-state index contributed by atoms with van der Waals surface area (Å²) in [5.74, 6) is -0.0459. The lowest BCUT2D eigenvalue weighted by atomic mass is 10.3. The van der Waals surface area contributed by atoms with Gasteiger partial charge < -0.3 is 15.2 Å². The molecule has 2 N–H and O–H groups in total. The Kier molecular flexibility index (Phi) is 5.95. The van der Waals surface area contributed by atoms with Crippen molar-refractivity contribution in [2.45, 2.75) is 13.0 Å². The second-order valence-electron chi connectivity index (χ2n) is 4.80. The van der Waals surface area contributed by atoms with Crippen molar-refractivity contribution in [1.82, 2.24) is 20.2 Å². The molecule has 0 saturated carbocycles. The number of halogens is 1. The minimum atomic E-state index is -0.0459. The second-order valence-corrected chi connectivity index (χ2v) is 5.72. The van der Waals surface area contributed by atoms with Gasteiger partial charge in [-0.05, 0) is 46.6 Å². The standard InChI is InChI=1S/C15H19BrN4O/c1-20-11-13(16)8-14(20)15(21)19-7-3-6-18-10-12-4-2-5-17-9-12/h2,4-5,8-9,11,18H,3,6-7,10H2,1H3,(H,19,21). The summed E-state index contributed by atoms with van der Waals surface area (Å²) in [7, 11) is 1.86. The maximum absolute atomic E-state index is 12.0. The van der Waals surface area contributed by atoms with Gasteiger partial charge >= 0.3 is 0 Å². The molecule has 6 heteroatoms. The molecule has 0 saturated heterocycles. The third kappa shape index (κ3) is 4.99. The van der Waals surface area contributed by atoms with Crippen LogP contribution in [0.3, 0.4) is 0 Å². The van der Waals surface area contributed by atoms with Gasteiger partial charge in [-0.2, -0.15) is 0 Å². The summed E-state index contributed by atoms with van der Waals surface area (Å²) < 4.78 is 2.72. The van der Waals surface area contributed by atoms with E-state index in [0.29, 0.717) is 12.2 Å². The molecule has 0 aliphatic heterocycles. The number of nitrogens with one attached hydrogen (secondary N) is 2. The van der Waals surface area contributed by atoms with E-state index >= 15 is 0 Å². The van der Waals surface area contributed by atoms with Crippen molar-refractivity contribution in [1.29, 1.82) is 0 Å². The Bertz CT molecular complexity index is 583. The zero-order valence-electron chi connectivity index (χ0n) is 12.0. The fourth-order valence-corrected chi connectivity index (χ4v) is 2.52. The van der Waals surface area contributed by atoms with Crippen LogP contribution in [0.15, 0.2) is 41.3 Å². The minimum absolute atomic E-state index is 0.0459. The number of hydrogen-bond donors (Lipinski definition) is 2. The van der Waals surface area contributed by atoms with Gasteiger partial charge in [0, 0.05) is 43.2 Å². The van der Waals surface area contributed by atoms with Gasteiger partial charge in [-0.3, -0.25) is 9.78 Å². The molecule has 0 aliphatic rings. The van der Waals surface area contributed by atoms with E-state index in [2.05, 4.69) is 31.5 Å². The Labute approximate surface area is 132 Å². The van der Waals surface area contributed by atoms with Crippen molar-refractivity contribution in [3.8, 4) is 0 Å². The Morgan fingerprint density at radius 3 is 2.95 bits per heavy atom. The Balaban J connectivity index is 1.62. The first-order chi connectivity index (χ1) is 10.2. The van der Waals surface area contributed by atoms with Crippen LogP contribution in [0.4, 0.5) is 0 Å². The van der Waals surface area contributed by atoms with Gasteiger partial charge in [-0.15, -0.1) is 0 Å². The molecule has 0 aliphatic carbocycles. The van der Waals surface area contributed by atoms with Gasteiger partial charge in [-0.1, -0.05) is 6.07 Å². The van der Waals surface area contributed by atoms with Crippen LogP contribution >= 0.6 is 15.9 Å². The summed E-state index contributed by atoms with van der Waals surface area (Å²) in [6, 6.07) is 5.78. The number of aromatic nitrogens is 2. The monoisotopic (exact) mass is 350 g/mol. The highest BCUT2D eigenvalue weighted by molar-refractivity contribution is 9.10. The van der Waals surface area contributed by atoms with Crippen LogP contribution < -0.4 is 10.6 Å². The highest BCUT2D eigenvalue weighted by Crippen LogP contribution is 2.13. The van der Waals surface area contributed by atoms with E-state index in [9.17, 15) is 4.79 Å². The number of aryl methyl sites for hydroxylation is 1. The molecule has 21 heavy (non-hydrogen) atoms. The lowest BCUT2D eigenvalue weighted by molar-refractivity contribution is 0.0945. The lowest BCUT2D eigenvalue weighted by Gasteiger charge is -2.07. The number of carbonyl (C=O) groups is 1. The summed E-state index contributed by atoms with van der Waals surface area (Å²) in [6.07, 6.45) is 6.37. The third-order valence-electron chi connectivity index (χ3n) is 3.07. The lowest BCUT2D eigenvalue weighted by Crippen LogP contribution is -2.28. The first kappa shape index (κ1) is 15.7. The predicted molar refractivity (Wildman–Crippen MR) is 86.0 cm³/mol. The SMILES string of the molecule is Cn1cc(Br)cc1C(=O)NCCCNCc1cccnc1. The number of pyridine rings is 1. The van der Waals surface area contributed by atoms with Crippen molar-refractivity contribution in [3.63, 3.8) is 0 Å². The van der Waals surface area contributed by atoms with E-state index in [1.807, 2.05) is 37.6 Å². The number of rotatable bonds is 7. The van der Waals surface area contributed by atoms with Crippen molar-refractivity contribution in [2.75, 3.05) is 13.1 Å². The molecule has 1 amide bonds. The van der Waals surface area contributed by atoms with Gasteiger partial charge in [0.05, 0.1) is 0 Å². The molecule has 5 nitrogen and oxygen atoms in total. The van der Waals surface area contributed by atoms with E-state index in [1.54, 1.807) is 10.8 Å². The maximum atomic E-state index is 12.0. The summed E-state index contributed by atoms with van der Waals surface area (Å²) in [5, 5.41) is 6.25. The van der Waals surface area contributed by atoms with E-state index in [-0.39, 0.29) is 5.91 Å². The maximum Gasteiger partial charge on any atom is 0.267 e. The Morgan fingerprint density at radius 2 is 2.29 bits per heavy atom. The molecule has 0 fully saturated rings. The normalized spacial score (nSPS) is 10.6. The zero-order valence-corrected chi connectivity index (χ0v) is 13.6. The largest absolute Gasteiger partial charge is 0.351 e. The molecular formula is C15H19BrN4O. The van der Waals surface area contributed by atoms with Crippen LogP contribution in [0.1, 0.15) is 22.5 Å². The highest BCUT2D eigenvalue weighted by Gasteiger charge is 2.09. The first-order valence-electron chi connectivity index (χ1n) is 6.86. The topological polar surface area (TPSA) is 59.0 Å². The van der Waals surface area contributed by atoms with E-state index in [4.69, 9.17) is 0 Å². The molecule has 0 aromatic carbocycles. The van der Waals surface area contributed by atoms with E-state index in [0.717, 1.165) is 29.5 Å². The quantitative estimate of drug-likeness (QED) is 0.751. The number of amides is 1. The van der Waals surface area contributed by atoms with E-state index in [1.165, 1.54) is 0 Å². The van der Waals surface area contributed by atoms with Crippen LogP contribution in [-0.2, 0) is 13.6 Å². The van der Waals surface area contributed by atoms with Crippen molar-refractivity contribution < 1.29 is 4.79 Å². The fourth-order valence-electron chi connectivity index (χ4n) is 1.99. The average Bonchev–Trinajstić information content (AvgIpc) is 2.82. The molecule has 2 aromatic heterocycles. The molecule has 112 valence electrons.